The number of carbonyl (C=O) groups is 1. The molecule has 1 aliphatic carbocycles. The molecule has 1 fully saturated rings. The standard InChI is InChI=1S/C14H22N2O/c1-11-13(2,3)7-5-8-14(11,4)9-6-12(17)10-16-15/h10H,1,5-9H2,2-4H3/t14-/m1/s1. The predicted octanol–water partition coefficient (Wildman–Crippen LogP) is 3.41. The van der Waals surface area contributed by atoms with Gasteiger partial charge in [-0.05, 0) is 30.1 Å². The molecule has 3 heteroatoms. The van der Waals surface area contributed by atoms with Crippen molar-refractivity contribution in [2.75, 3.05) is 0 Å². The van der Waals surface area contributed by atoms with Crippen molar-refractivity contribution >= 4 is 12.0 Å². The van der Waals surface area contributed by atoms with E-state index in [9.17, 15) is 4.79 Å². The first kappa shape index (κ1) is 13.9. The van der Waals surface area contributed by atoms with Crippen LogP contribution in [0.4, 0.5) is 0 Å². The zero-order valence-electron chi connectivity index (χ0n) is 11.1. The normalized spacial score (nSPS) is 27.4. The summed E-state index contributed by atoms with van der Waals surface area (Å²) in [5.41, 5.74) is 9.77. The van der Waals surface area contributed by atoms with Crippen LogP contribution in [0, 0.1) is 10.8 Å². The van der Waals surface area contributed by atoms with Crippen molar-refractivity contribution in [2.45, 2.75) is 52.9 Å². The second-order valence-electron chi connectivity index (χ2n) is 5.99. The van der Waals surface area contributed by atoms with Gasteiger partial charge in [-0.25, -0.2) is 0 Å². The van der Waals surface area contributed by atoms with Gasteiger partial charge in [0, 0.05) is 6.42 Å². The SMILES string of the molecule is C=C1C(C)(C)CCC[C@]1(C)CCC(=O)C=[N+]=[N-]. The Labute approximate surface area is 104 Å². The van der Waals surface area contributed by atoms with Gasteiger partial charge in [-0.15, -0.1) is 0 Å². The van der Waals surface area contributed by atoms with Crippen LogP contribution < -0.4 is 0 Å². The highest BCUT2D eigenvalue weighted by Crippen LogP contribution is 2.51. The minimum atomic E-state index is -0.120. The summed E-state index contributed by atoms with van der Waals surface area (Å²) in [6, 6.07) is 0. The van der Waals surface area contributed by atoms with Crippen LogP contribution in [-0.2, 0) is 4.79 Å². The van der Waals surface area contributed by atoms with Gasteiger partial charge >= 0.3 is 6.21 Å². The molecule has 0 aromatic carbocycles. The molecule has 0 bridgehead atoms. The lowest BCUT2D eigenvalue weighted by Gasteiger charge is -2.45. The highest BCUT2D eigenvalue weighted by atomic mass is 16.1. The maximum atomic E-state index is 11.4. The maximum Gasteiger partial charge on any atom is 0.323 e. The topological polar surface area (TPSA) is 53.5 Å². The molecule has 3 nitrogen and oxygen atoms in total. The van der Waals surface area contributed by atoms with Crippen LogP contribution in [0.3, 0.4) is 0 Å². The van der Waals surface area contributed by atoms with E-state index in [4.69, 9.17) is 5.53 Å². The number of rotatable bonds is 4. The van der Waals surface area contributed by atoms with Crippen molar-refractivity contribution in [1.82, 2.24) is 0 Å². The number of carbonyl (C=O) groups excluding carboxylic acids is 1. The molecule has 1 rings (SSSR count). The second-order valence-corrected chi connectivity index (χ2v) is 5.99. The molecule has 0 aromatic heterocycles. The van der Waals surface area contributed by atoms with E-state index in [1.54, 1.807) is 0 Å². The Morgan fingerprint density at radius 2 is 2.12 bits per heavy atom. The number of Topliss-reactive ketones (excluding diaryl/α,β-unsaturated/α-hetero) is 1. The molecule has 17 heavy (non-hydrogen) atoms. The molecule has 0 unspecified atom stereocenters. The summed E-state index contributed by atoms with van der Waals surface area (Å²) in [7, 11) is 0. The Kier molecular flexibility index (Phi) is 4.05. The minimum absolute atomic E-state index is 0.0424. The second kappa shape index (κ2) is 4.97. The Morgan fingerprint density at radius 1 is 1.47 bits per heavy atom. The zero-order chi connectivity index (χ0) is 13.1. The van der Waals surface area contributed by atoms with Gasteiger partial charge in [0.2, 0.25) is 5.78 Å². The molecule has 1 saturated carbocycles. The molecular formula is C14H22N2O. The lowest BCUT2D eigenvalue weighted by Crippen LogP contribution is -2.34. The van der Waals surface area contributed by atoms with E-state index in [1.807, 2.05) is 0 Å². The summed E-state index contributed by atoms with van der Waals surface area (Å²) in [4.78, 5) is 14.1. The number of ketones is 1. The molecule has 0 amide bonds. The quantitative estimate of drug-likeness (QED) is 0.318. The fourth-order valence-corrected chi connectivity index (χ4v) is 2.84. The van der Waals surface area contributed by atoms with Gasteiger partial charge in [-0.3, -0.25) is 4.79 Å². The summed E-state index contributed by atoms with van der Waals surface area (Å²) in [5, 5.41) is 0. The Balaban J connectivity index is 2.71. The van der Waals surface area contributed by atoms with Crippen LogP contribution in [0.25, 0.3) is 5.53 Å². The van der Waals surface area contributed by atoms with Crippen LogP contribution in [0.2, 0.25) is 0 Å². The monoisotopic (exact) mass is 234 g/mol. The smallest absolute Gasteiger partial charge is 0.323 e. The molecule has 0 N–H and O–H groups in total. The largest absolute Gasteiger partial charge is 0.361 e. The Hall–Kier alpha value is -1.21. The summed E-state index contributed by atoms with van der Waals surface area (Å²) < 4.78 is 0. The van der Waals surface area contributed by atoms with Crippen LogP contribution in [0.15, 0.2) is 12.2 Å². The lowest BCUT2D eigenvalue weighted by atomic mass is 9.59. The van der Waals surface area contributed by atoms with Gasteiger partial charge in [-0.2, -0.15) is 4.79 Å². The highest BCUT2D eigenvalue weighted by Gasteiger charge is 2.40. The van der Waals surface area contributed by atoms with Gasteiger partial charge in [0.05, 0.1) is 0 Å². The van der Waals surface area contributed by atoms with Gasteiger partial charge in [0.1, 0.15) is 0 Å². The minimum Gasteiger partial charge on any atom is -0.361 e. The molecule has 0 aromatic rings. The van der Waals surface area contributed by atoms with Crippen molar-refractivity contribution in [3.8, 4) is 0 Å². The fourth-order valence-electron chi connectivity index (χ4n) is 2.84. The van der Waals surface area contributed by atoms with Crippen LogP contribution in [0.5, 0.6) is 0 Å². The van der Waals surface area contributed by atoms with Crippen molar-refractivity contribution in [1.29, 1.82) is 0 Å². The van der Waals surface area contributed by atoms with E-state index in [0.29, 0.717) is 6.42 Å². The van der Waals surface area contributed by atoms with E-state index in [1.165, 1.54) is 18.4 Å². The predicted molar refractivity (Wildman–Crippen MR) is 68.8 cm³/mol. The molecule has 0 saturated heterocycles. The molecular weight excluding hydrogens is 212 g/mol. The van der Waals surface area contributed by atoms with Crippen LogP contribution in [-0.4, -0.2) is 16.8 Å². The molecule has 1 atom stereocenters. The number of nitrogens with zero attached hydrogens (tertiary/aromatic N) is 2. The highest BCUT2D eigenvalue weighted by molar-refractivity contribution is 6.25. The maximum absolute atomic E-state index is 11.4. The van der Waals surface area contributed by atoms with E-state index < -0.39 is 0 Å². The fraction of sp³-hybridized carbons (Fsp3) is 0.714. The molecule has 0 heterocycles. The third-order valence-corrected chi connectivity index (χ3v) is 4.20. The first-order valence-corrected chi connectivity index (χ1v) is 6.22. The lowest BCUT2D eigenvalue weighted by molar-refractivity contribution is -0.116. The summed E-state index contributed by atoms with van der Waals surface area (Å²) in [5.74, 6) is -0.120. The molecule has 0 aliphatic heterocycles. The third kappa shape index (κ3) is 3.13. The summed E-state index contributed by atoms with van der Waals surface area (Å²) in [6.45, 7) is 10.9. The first-order chi connectivity index (χ1) is 7.82. The molecule has 94 valence electrons. The average molecular weight is 234 g/mol. The van der Waals surface area contributed by atoms with Crippen molar-refractivity contribution in [3.05, 3.63) is 17.7 Å². The van der Waals surface area contributed by atoms with Gasteiger partial charge in [0.15, 0.2) is 0 Å². The average Bonchev–Trinajstić information content (AvgIpc) is 2.24. The first-order valence-electron chi connectivity index (χ1n) is 6.22. The molecule has 0 radical (unpaired) electrons. The molecule has 0 spiro atoms. The van der Waals surface area contributed by atoms with Crippen molar-refractivity contribution < 1.29 is 9.58 Å². The zero-order valence-corrected chi connectivity index (χ0v) is 11.1. The van der Waals surface area contributed by atoms with Gasteiger partial charge in [-0.1, -0.05) is 39.3 Å². The van der Waals surface area contributed by atoms with E-state index >= 15 is 0 Å². The van der Waals surface area contributed by atoms with Crippen LogP contribution in [0.1, 0.15) is 52.9 Å². The van der Waals surface area contributed by atoms with E-state index in [2.05, 4.69) is 32.1 Å². The van der Waals surface area contributed by atoms with Gasteiger partial charge in [0.25, 0.3) is 0 Å². The summed E-state index contributed by atoms with van der Waals surface area (Å²) in [6.07, 6.45) is 5.66. The third-order valence-electron chi connectivity index (χ3n) is 4.20. The van der Waals surface area contributed by atoms with Crippen molar-refractivity contribution in [2.24, 2.45) is 10.8 Å². The molecule has 1 aliphatic rings. The van der Waals surface area contributed by atoms with E-state index in [0.717, 1.165) is 19.1 Å². The number of hydrogen-bond acceptors (Lipinski definition) is 1. The summed E-state index contributed by atoms with van der Waals surface area (Å²) >= 11 is 0. The van der Waals surface area contributed by atoms with Crippen LogP contribution >= 0.6 is 0 Å². The van der Waals surface area contributed by atoms with E-state index in [-0.39, 0.29) is 16.6 Å². The van der Waals surface area contributed by atoms with Crippen molar-refractivity contribution in [3.63, 3.8) is 0 Å². The number of hydrogen-bond donors (Lipinski definition) is 0. The number of allylic oxidation sites excluding steroid dienone is 1. The van der Waals surface area contributed by atoms with Gasteiger partial charge < -0.3 is 5.53 Å². The Morgan fingerprint density at radius 3 is 2.71 bits per heavy atom. The Bertz CT molecular complexity index is 378.